The highest BCUT2D eigenvalue weighted by atomic mass is 31.2. The first-order valence-corrected chi connectivity index (χ1v) is 7.93. The van der Waals surface area contributed by atoms with E-state index in [-0.39, 0.29) is 6.42 Å². The van der Waals surface area contributed by atoms with Crippen LogP contribution in [-0.4, -0.2) is 37.4 Å². The van der Waals surface area contributed by atoms with Crippen LogP contribution in [0.3, 0.4) is 0 Å². The fourth-order valence-corrected chi connectivity index (χ4v) is 2.39. The molecule has 0 saturated carbocycles. The zero-order valence-corrected chi connectivity index (χ0v) is 10.4. The molecule has 0 radical (unpaired) electrons. The maximum atomic E-state index is 11.0. The summed E-state index contributed by atoms with van der Waals surface area (Å²) in [6, 6.07) is 0. The second-order valence-electron chi connectivity index (χ2n) is 3.28. The summed E-state index contributed by atoms with van der Waals surface area (Å²) in [5, 5.41) is 1.92. The molecule has 5 N–H and O–H groups in total. The highest BCUT2D eigenvalue weighted by Gasteiger charge is 2.31. The van der Waals surface area contributed by atoms with E-state index >= 15 is 0 Å². The van der Waals surface area contributed by atoms with E-state index in [1.165, 1.54) is 0 Å². The molecule has 10 heteroatoms. The molecule has 1 unspecified atom stereocenters. The van der Waals surface area contributed by atoms with Crippen LogP contribution >= 0.6 is 15.2 Å². The summed E-state index contributed by atoms with van der Waals surface area (Å²) in [7, 11) is -9.01. The highest BCUT2D eigenvalue weighted by molar-refractivity contribution is 7.53. The number of hydrogen-bond acceptors (Lipinski definition) is 3. The van der Waals surface area contributed by atoms with Crippen molar-refractivity contribution >= 4 is 21.1 Å². The molecule has 1 atom stereocenters. The summed E-state index contributed by atoms with van der Waals surface area (Å²) in [5.41, 5.74) is 0. The quantitative estimate of drug-likeness (QED) is 0.414. The average molecular weight is 275 g/mol. The van der Waals surface area contributed by atoms with Gasteiger partial charge in [-0.2, -0.15) is 0 Å². The largest absolute Gasteiger partial charge is 0.347 e. The van der Waals surface area contributed by atoms with Crippen LogP contribution in [0.5, 0.6) is 0 Å². The molecule has 0 aliphatic heterocycles. The van der Waals surface area contributed by atoms with Crippen molar-refractivity contribution in [3.8, 4) is 0 Å². The molecule has 0 saturated heterocycles. The van der Waals surface area contributed by atoms with E-state index in [1.54, 1.807) is 6.92 Å². The Kier molecular flexibility index (Phi) is 5.82. The van der Waals surface area contributed by atoms with Crippen molar-refractivity contribution in [3.05, 3.63) is 0 Å². The number of hydrogen-bond donors (Lipinski definition) is 5. The van der Waals surface area contributed by atoms with Gasteiger partial charge in [-0.25, -0.2) is 0 Å². The molecule has 0 aromatic rings. The first kappa shape index (κ1) is 15.8. The van der Waals surface area contributed by atoms with Crippen LogP contribution in [0, 0.1) is 0 Å². The maximum absolute atomic E-state index is 11.0. The number of carbonyl (C=O) groups excluding carboxylic acids is 1. The van der Waals surface area contributed by atoms with E-state index < -0.39 is 33.0 Å². The zero-order chi connectivity index (χ0) is 13.0. The molecule has 1 amide bonds. The monoisotopic (exact) mass is 275 g/mol. The van der Waals surface area contributed by atoms with Crippen LogP contribution in [-0.2, 0) is 13.9 Å². The van der Waals surface area contributed by atoms with Crippen molar-refractivity contribution in [2.45, 2.75) is 25.5 Å². The van der Waals surface area contributed by atoms with Gasteiger partial charge in [0.2, 0.25) is 5.91 Å². The van der Waals surface area contributed by atoms with Gasteiger partial charge < -0.3 is 24.9 Å². The molecule has 0 fully saturated rings. The Hall–Kier alpha value is -0.230. The van der Waals surface area contributed by atoms with Crippen molar-refractivity contribution in [1.29, 1.82) is 0 Å². The summed E-state index contributed by atoms with van der Waals surface area (Å²) >= 11 is 0. The minimum absolute atomic E-state index is 0.0389. The van der Waals surface area contributed by atoms with E-state index in [0.29, 0.717) is 6.42 Å². The summed E-state index contributed by atoms with van der Waals surface area (Å²) in [4.78, 5) is 45.7. The van der Waals surface area contributed by atoms with Gasteiger partial charge in [-0.05, 0) is 6.42 Å². The van der Waals surface area contributed by atoms with Crippen LogP contribution in [0.15, 0.2) is 0 Å². The molecule has 0 aromatic carbocycles. The Balaban J connectivity index is 4.48. The molecular formula is C6H15NO7P2. The van der Waals surface area contributed by atoms with Crippen molar-refractivity contribution in [2.24, 2.45) is 0 Å². The van der Waals surface area contributed by atoms with Gasteiger partial charge in [0.15, 0.2) is 0 Å². The Morgan fingerprint density at radius 1 is 1.25 bits per heavy atom. The third-order valence-corrected chi connectivity index (χ3v) is 3.54. The van der Waals surface area contributed by atoms with E-state index in [0.717, 1.165) is 0 Å². The molecule has 0 bridgehead atoms. The number of carbonyl (C=O) groups is 1. The Bertz CT molecular complexity index is 332. The lowest BCUT2D eigenvalue weighted by Crippen LogP contribution is -2.36. The van der Waals surface area contributed by atoms with Gasteiger partial charge in [-0.15, -0.1) is 0 Å². The summed E-state index contributed by atoms with van der Waals surface area (Å²) < 4.78 is 21.4. The van der Waals surface area contributed by atoms with Gasteiger partial charge in [0.25, 0.3) is 0 Å². The smallest absolute Gasteiger partial charge is 0.341 e. The lowest BCUT2D eigenvalue weighted by Gasteiger charge is -2.19. The van der Waals surface area contributed by atoms with Crippen LogP contribution < -0.4 is 5.32 Å². The fraction of sp³-hybridized carbons (Fsp3) is 0.833. The minimum Gasteiger partial charge on any atom is -0.341 e. The molecule has 8 nitrogen and oxygen atoms in total. The first-order chi connectivity index (χ1) is 7.06. The minimum atomic E-state index is -4.51. The summed E-state index contributed by atoms with van der Waals surface area (Å²) in [5.74, 6) is -2.47. The lowest BCUT2D eigenvalue weighted by atomic mass is 10.3. The maximum Gasteiger partial charge on any atom is 0.347 e. The van der Waals surface area contributed by atoms with E-state index in [1.807, 2.05) is 5.32 Å². The number of nitrogens with one attached hydrogen (secondary N) is 1. The topological polar surface area (TPSA) is 144 Å². The third-order valence-electron chi connectivity index (χ3n) is 1.65. The Morgan fingerprint density at radius 3 is 2.06 bits per heavy atom. The van der Waals surface area contributed by atoms with Crippen molar-refractivity contribution in [2.75, 3.05) is 6.16 Å². The van der Waals surface area contributed by atoms with Gasteiger partial charge in [-0.3, -0.25) is 13.9 Å². The molecule has 0 spiro atoms. The SMILES string of the molecule is CCCC(NC(=O)CP(=O)(O)O)P(=O)(O)O. The molecule has 16 heavy (non-hydrogen) atoms. The number of amides is 1. The molecular weight excluding hydrogens is 260 g/mol. The van der Waals surface area contributed by atoms with Gasteiger partial charge in [0.05, 0.1) is 0 Å². The van der Waals surface area contributed by atoms with E-state index in [9.17, 15) is 13.9 Å². The molecule has 0 aliphatic rings. The lowest BCUT2D eigenvalue weighted by molar-refractivity contribution is -0.119. The normalized spacial score (nSPS) is 14.6. The van der Waals surface area contributed by atoms with E-state index in [4.69, 9.17) is 19.6 Å². The molecule has 0 rings (SSSR count). The van der Waals surface area contributed by atoms with Crippen LogP contribution in [0.25, 0.3) is 0 Å². The average Bonchev–Trinajstić information content (AvgIpc) is 1.97. The van der Waals surface area contributed by atoms with Gasteiger partial charge in [0, 0.05) is 0 Å². The van der Waals surface area contributed by atoms with E-state index in [2.05, 4.69) is 0 Å². The first-order valence-electron chi connectivity index (χ1n) is 4.45. The summed E-state index contributed by atoms with van der Waals surface area (Å²) in [6.07, 6.45) is -0.615. The van der Waals surface area contributed by atoms with Crippen molar-refractivity contribution < 1.29 is 33.5 Å². The van der Waals surface area contributed by atoms with Crippen LogP contribution in [0.2, 0.25) is 0 Å². The molecule has 96 valence electrons. The predicted molar refractivity (Wildman–Crippen MR) is 55.8 cm³/mol. The van der Waals surface area contributed by atoms with Crippen molar-refractivity contribution in [3.63, 3.8) is 0 Å². The molecule has 0 aliphatic carbocycles. The second-order valence-corrected chi connectivity index (χ2v) is 6.73. The van der Waals surface area contributed by atoms with Gasteiger partial charge in [-0.1, -0.05) is 13.3 Å². The molecule has 0 heterocycles. The standard InChI is InChI=1S/C6H15NO7P2/c1-2-3-6(16(12,13)14)7-5(8)4-15(9,10)11/h6H,2-4H2,1H3,(H,7,8)(H2,9,10,11)(H2,12,13,14). The van der Waals surface area contributed by atoms with Crippen LogP contribution in [0.1, 0.15) is 19.8 Å². The Morgan fingerprint density at radius 2 is 1.75 bits per heavy atom. The molecule has 0 aromatic heterocycles. The predicted octanol–water partition coefficient (Wildman–Crippen LogP) is -0.416. The van der Waals surface area contributed by atoms with Gasteiger partial charge in [0.1, 0.15) is 11.9 Å². The highest BCUT2D eigenvalue weighted by Crippen LogP contribution is 2.42. The number of rotatable bonds is 6. The summed E-state index contributed by atoms with van der Waals surface area (Å²) in [6.45, 7) is 1.66. The fourth-order valence-electron chi connectivity index (χ4n) is 1.02. The Labute approximate surface area is 92.4 Å². The van der Waals surface area contributed by atoms with Crippen LogP contribution in [0.4, 0.5) is 0 Å². The zero-order valence-electron chi connectivity index (χ0n) is 8.61. The third kappa shape index (κ3) is 7.11. The second kappa shape index (κ2) is 5.91. The van der Waals surface area contributed by atoms with Gasteiger partial charge >= 0.3 is 15.2 Å². The van der Waals surface area contributed by atoms with Crippen molar-refractivity contribution in [1.82, 2.24) is 5.32 Å².